The first-order valence-electron chi connectivity index (χ1n) is 11.7. The van der Waals surface area contributed by atoms with Crippen LogP contribution in [0.25, 0.3) is 11.5 Å². The highest BCUT2D eigenvalue weighted by Gasteiger charge is 2.19. The molecular formula is C25H33N5O2S. The van der Waals surface area contributed by atoms with Gasteiger partial charge in [0.1, 0.15) is 11.6 Å². The van der Waals surface area contributed by atoms with Gasteiger partial charge in [-0.3, -0.25) is 9.00 Å². The number of piperidine rings is 1. The zero-order valence-corrected chi connectivity index (χ0v) is 20.0. The van der Waals surface area contributed by atoms with Crippen molar-refractivity contribution < 1.29 is 9.00 Å². The zero-order chi connectivity index (χ0) is 23.0. The standard InChI is InChI=1S/C25H33N5O2S/c1-21-10-5-6-14-28(21)17-9-13-26-24(31)20-33(32)19-22-18-27-30(23-11-3-2-4-12-23)25(22)29-15-7-8-16-29/h2-4,7-8,11-12,15-16,18,21H,5-6,9-10,13-14,17,19-20H2,1H3,(H,26,31). The quantitative estimate of drug-likeness (QED) is 0.465. The molecule has 2 aromatic heterocycles. The first-order valence-corrected chi connectivity index (χ1v) is 13.2. The summed E-state index contributed by atoms with van der Waals surface area (Å²) in [6.45, 7) is 5.06. The summed E-state index contributed by atoms with van der Waals surface area (Å²) >= 11 is 0. The van der Waals surface area contributed by atoms with Crippen LogP contribution in [0.3, 0.4) is 0 Å². The first-order chi connectivity index (χ1) is 16.1. The van der Waals surface area contributed by atoms with Crippen molar-refractivity contribution in [1.29, 1.82) is 0 Å². The van der Waals surface area contributed by atoms with E-state index < -0.39 is 10.8 Å². The summed E-state index contributed by atoms with van der Waals surface area (Å²) < 4.78 is 16.6. The van der Waals surface area contributed by atoms with Crippen LogP contribution in [-0.4, -0.2) is 60.8 Å². The van der Waals surface area contributed by atoms with Gasteiger partial charge in [0.15, 0.2) is 0 Å². The van der Waals surface area contributed by atoms with Crippen LogP contribution in [0.2, 0.25) is 0 Å². The summed E-state index contributed by atoms with van der Waals surface area (Å²) in [4.78, 5) is 14.9. The van der Waals surface area contributed by atoms with E-state index >= 15 is 0 Å². The number of hydrogen-bond donors (Lipinski definition) is 1. The van der Waals surface area contributed by atoms with Gasteiger partial charge in [-0.15, -0.1) is 0 Å². The third-order valence-electron chi connectivity index (χ3n) is 6.16. The van der Waals surface area contributed by atoms with Crippen molar-refractivity contribution in [2.24, 2.45) is 0 Å². The summed E-state index contributed by atoms with van der Waals surface area (Å²) in [7, 11) is -1.32. The van der Waals surface area contributed by atoms with Gasteiger partial charge in [-0.1, -0.05) is 24.6 Å². The Morgan fingerprint density at radius 1 is 1.15 bits per heavy atom. The van der Waals surface area contributed by atoms with E-state index in [9.17, 15) is 9.00 Å². The molecule has 176 valence electrons. The Bertz CT molecular complexity index is 1050. The molecule has 1 saturated heterocycles. The minimum atomic E-state index is -1.32. The Morgan fingerprint density at radius 2 is 1.94 bits per heavy atom. The van der Waals surface area contributed by atoms with Crippen LogP contribution in [0.15, 0.2) is 61.1 Å². The Kier molecular flexibility index (Phi) is 8.12. The minimum absolute atomic E-state index is 0.00174. The number of carbonyl (C=O) groups excluding carboxylic acids is 1. The van der Waals surface area contributed by atoms with E-state index in [4.69, 9.17) is 0 Å². The van der Waals surface area contributed by atoms with Gasteiger partial charge in [-0.25, -0.2) is 4.68 Å². The molecule has 1 amide bonds. The molecule has 1 aliphatic rings. The molecule has 1 aliphatic heterocycles. The van der Waals surface area contributed by atoms with Crippen molar-refractivity contribution in [2.45, 2.75) is 44.4 Å². The molecule has 3 heterocycles. The van der Waals surface area contributed by atoms with Gasteiger partial charge in [0.05, 0.1) is 17.6 Å². The van der Waals surface area contributed by atoms with E-state index in [1.54, 1.807) is 6.20 Å². The lowest BCUT2D eigenvalue weighted by atomic mass is 10.0. The Hall–Kier alpha value is -2.71. The monoisotopic (exact) mass is 467 g/mol. The number of nitrogens with one attached hydrogen (secondary N) is 1. The molecule has 0 aliphatic carbocycles. The number of para-hydroxylation sites is 1. The molecule has 0 spiro atoms. The SMILES string of the molecule is CC1CCCCN1CCCNC(=O)CS(=O)Cc1cnn(-c2ccccc2)c1-n1cccc1. The van der Waals surface area contributed by atoms with Crippen LogP contribution >= 0.6 is 0 Å². The van der Waals surface area contributed by atoms with E-state index in [2.05, 4.69) is 22.2 Å². The van der Waals surface area contributed by atoms with Crippen molar-refractivity contribution in [3.63, 3.8) is 0 Å². The minimum Gasteiger partial charge on any atom is -0.355 e. The molecule has 2 unspecified atom stereocenters. The predicted octanol–water partition coefficient (Wildman–Crippen LogP) is 3.29. The number of hydrogen-bond acceptors (Lipinski definition) is 4. The van der Waals surface area contributed by atoms with E-state index in [0.29, 0.717) is 12.6 Å². The van der Waals surface area contributed by atoms with Crippen molar-refractivity contribution in [1.82, 2.24) is 24.6 Å². The third-order valence-corrected chi connectivity index (χ3v) is 7.38. The summed E-state index contributed by atoms with van der Waals surface area (Å²) in [5.74, 6) is 0.967. The molecule has 33 heavy (non-hydrogen) atoms. The van der Waals surface area contributed by atoms with Gasteiger partial charge in [-0.05, 0) is 57.0 Å². The molecule has 2 atom stereocenters. The van der Waals surface area contributed by atoms with E-state index in [1.165, 1.54) is 19.3 Å². The topological polar surface area (TPSA) is 72.2 Å². The number of aromatic nitrogens is 3. The average Bonchev–Trinajstić information content (AvgIpc) is 3.48. The van der Waals surface area contributed by atoms with E-state index in [0.717, 1.165) is 36.6 Å². The molecular weight excluding hydrogens is 434 g/mol. The molecule has 3 aromatic rings. The van der Waals surface area contributed by atoms with Crippen LogP contribution < -0.4 is 5.32 Å². The fourth-order valence-corrected chi connectivity index (χ4v) is 5.46. The second-order valence-electron chi connectivity index (χ2n) is 8.64. The normalized spacial score (nSPS) is 17.7. The molecule has 0 radical (unpaired) electrons. The molecule has 1 aromatic carbocycles. The van der Waals surface area contributed by atoms with Gasteiger partial charge >= 0.3 is 0 Å². The summed E-state index contributed by atoms with van der Waals surface area (Å²) in [5.41, 5.74) is 1.78. The third kappa shape index (κ3) is 6.21. The lowest BCUT2D eigenvalue weighted by Gasteiger charge is -2.33. The molecule has 1 N–H and O–H groups in total. The van der Waals surface area contributed by atoms with Crippen molar-refractivity contribution >= 4 is 16.7 Å². The Labute approximate surface area is 198 Å². The largest absolute Gasteiger partial charge is 0.355 e. The summed E-state index contributed by atoms with van der Waals surface area (Å²) in [6, 6.07) is 14.4. The van der Waals surface area contributed by atoms with E-state index in [-0.39, 0.29) is 17.4 Å². The van der Waals surface area contributed by atoms with Crippen molar-refractivity contribution in [2.75, 3.05) is 25.4 Å². The molecule has 7 nitrogen and oxygen atoms in total. The highest BCUT2D eigenvalue weighted by atomic mass is 32.2. The zero-order valence-electron chi connectivity index (χ0n) is 19.2. The fraction of sp³-hybridized carbons (Fsp3) is 0.440. The number of likely N-dealkylation sites (tertiary alicyclic amines) is 1. The van der Waals surface area contributed by atoms with Crippen LogP contribution in [0.5, 0.6) is 0 Å². The second kappa shape index (κ2) is 11.4. The highest BCUT2D eigenvalue weighted by Crippen LogP contribution is 2.21. The average molecular weight is 468 g/mol. The van der Waals surface area contributed by atoms with Crippen LogP contribution in [0.4, 0.5) is 0 Å². The fourth-order valence-electron chi connectivity index (χ4n) is 4.41. The number of amides is 1. The smallest absolute Gasteiger partial charge is 0.232 e. The van der Waals surface area contributed by atoms with Crippen LogP contribution in [0.1, 0.15) is 38.2 Å². The van der Waals surface area contributed by atoms with Gasteiger partial charge in [0.25, 0.3) is 0 Å². The summed E-state index contributed by atoms with van der Waals surface area (Å²) in [6.07, 6.45) is 10.4. The maximum absolute atomic E-state index is 12.8. The molecule has 0 bridgehead atoms. The lowest BCUT2D eigenvalue weighted by molar-refractivity contribution is -0.118. The van der Waals surface area contributed by atoms with Crippen molar-refractivity contribution in [3.05, 3.63) is 66.6 Å². The number of nitrogens with zero attached hydrogens (tertiary/aromatic N) is 4. The number of benzene rings is 1. The van der Waals surface area contributed by atoms with Gasteiger partial charge in [0, 0.05) is 47.9 Å². The highest BCUT2D eigenvalue weighted by molar-refractivity contribution is 7.84. The van der Waals surface area contributed by atoms with Crippen LogP contribution in [-0.2, 0) is 21.3 Å². The van der Waals surface area contributed by atoms with Gasteiger partial charge in [0.2, 0.25) is 5.91 Å². The Morgan fingerprint density at radius 3 is 2.70 bits per heavy atom. The second-order valence-corrected chi connectivity index (χ2v) is 10.1. The molecule has 1 fully saturated rings. The van der Waals surface area contributed by atoms with E-state index in [1.807, 2.05) is 64.1 Å². The predicted molar refractivity (Wildman–Crippen MR) is 132 cm³/mol. The van der Waals surface area contributed by atoms with Gasteiger partial charge in [-0.2, -0.15) is 5.10 Å². The maximum atomic E-state index is 12.8. The van der Waals surface area contributed by atoms with Crippen molar-refractivity contribution in [3.8, 4) is 11.5 Å². The van der Waals surface area contributed by atoms with Crippen LogP contribution in [0, 0.1) is 0 Å². The maximum Gasteiger partial charge on any atom is 0.232 e. The first kappa shape index (κ1) is 23.4. The molecule has 0 saturated carbocycles. The number of carbonyl (C=O) groups is 1. The Balaban J connectivity index is 1.32. The lowest BCUT2D eigenvalue weighted by Crippen LogP contribution is -2.39. The summed E-state index contributed by atoms with van der Waals surface area (Å²) in [5, 5.41) is 7.48. The number of rotatable bonds is 10. The molecule has 4 rings (SSSR count). The molecule has 8 heteroatoms. The van der Waals surface area contributed by atoms with Gasteiger partial charge < -0.3 is 14.8 Å².